The zero-order valence-electron chi connectivity index (χ0n) is 12.4. The van der Waals surface area contributed by atoms with Gasteiger partial charge < -0.3 is 4.98 Å². The van der Waals surface area contributed by atoms with Gasteiger partial charge in [-0.2, -0.15) is 0 Å². The van der Waals surface area contributed by atoms with Crippen molar-refractivity contribution in [2.75, 3.05) is 0 Å². The SMILES string of the molecule is CC(C)CCCCCn1c(=O)[nH]c(=O)c2[nH]c(CI)nc21. The van der Waals surface area contributed by atoms with Crippen LogP contribution in [0.15, 0.2) is 9.59 Å². The third kappa shape index (κ3) is 3.96. The molecular weight excluding hydrogens is 383 g/mol. The Bertz CT molecular complexity index is 714. The Hall–Kier alpha value is -1.12. The molecule has 2 N–H and O–H groups in total. The number of rotatable bonds is 7. The van der Waals surface area contributed by atoms with Gasteiger partial charge in [-0.1, -0.05) is 55.7 Å². The monoisotopic (exact) mass is 404 g/mol. The fourth-order valence-electron chi connectivity index (χ4n) is 2.36. The molecule has 0 radical (unpaired) electrons. The highest BCUT2D eigenvalue weighted by Crippen LogP contribution is 2.11. The maximum atomic E-state index is 12.0. The van der Waals surface area contributed by atoms with Crippen molar-refractivity contribution >= 4 is 33.8 Å². The lowest BCUT2D eigenvalue weighted by atomic mass is 10.1. The lowest BCUT2D eigenvalue weighted by Gasteiger charge is -2.07. The zero-order valence-corrected chi connectivity index (χ0v) is 14.6. The number of fused-ring (bicyclic) bond motifs is 1. The topological polar surface area (TPSA) is 83.5 Å². The summed E-state index contributed by atoms with van der Waals surface area (Å²) < 4.78 is 2.24. The Labute approximate surface area is 136 Å². The molecule has 0 spiro atoms. The molecule has 0 saturated carbocycles. The van der Waals surface area contributed by atoms with Gasteiger partial charge in [-0.25, -0.2) is 9.78 Å². The number of halogens is 1. The van der Waals surface area contributed by atoms with E-state index in [9.17, 15) is 9.59 Å². The quantitative estimate of drug-likeness (QED) is 0.423. The number of hydrogen-bond acceptors (Lipinski definition) is 3. The van der Waals surface area contributed by atoms with Crippen LogP contribution in [-0.4, -0.2) is 19.5 Å². The number of hydrogen-bond donors (Lipinski definition) is 2. The van der Waals surface area contributed by atoms with Crippen molar-refractivity contribution in [3.05, 3.63) is 26.7 Å². The fourth-order valence-corrected chi connectivity index (χ4v) is 2.72. The lowest BCUT2D eigenvalue weighted by Crippen LogP contribution is -2.30. The van der Waals surface area contributed by atoms with Crippen molar-refractivity contribution in [1.82, 2.24) is 19.5 Å². The molecule has 7 heteroatoms. The van der Waals surface area contributed by atoms with Crippen LogP contribution in [0.2, 0.25) is 0 Å². The van der Waals surface area contributed by atoms with Crippen molar-refractivity contribution in [3.8, 4) is 0 Å². The standard InChI is InChI=1S/C14H21IN4O2/c1-9(2)6-4-3-5-7-19-12-11(13(20)18-14(19)21)16-10(8-15)17-12/h9H,3-8H2,1-2H3,(H,16,17)(H,18,20,21). The predicted octanol–water partition coefficient (Wildman–Crippen LogP) is 2.56. The molecule has 2 aromatic rings. The summed E-state index contributed by atoms with van der Waals surface area (Å²) >= 11 is 2.17. The molecule has 0 unspecified atom stereocenters. The lowest BCUT2D eigenvalue weighted by molar-refractivity contribution is 0.504. The maximum absolute atomic E-state index is 12.0. The number of H-pyrrole nitrogens is 2. The van der Waals surface area contributed by atoms with Crippen molar-refractivity contribution in [2.24, 2.45) is 5.92 Å². The minimum absolute atomic E-state index is 0.372. The van der Waals surface area contributed by atoms with Crippen molar-refractivity contribution < 1.29 is 0 Å². The molecule has 0 fully saturated rings. The summed E-state index contributed by atoms with van der Waals surface area (Å²) in [7, 11) is 0. The smallest absolute Gasteiger partial charge is 0.330 e. The molecule has 0 aromatic carbocycles. The molecule has 0 amide bonds. The van der Waals surface area contributed by atoms with E-state index in [4.69, 9.17) is 0 Å². The Balaban J connectivity index is 2.17. The van der Waals surface area contributed by atoms with Crippen LogP contribution in [0.5, 0.6) is 0 Å². The van der Waals surface area contributed by atoms with E-state index in [0.717, 1.165) is 18.7 Å². The first-order valence-electron chi connectivity index (χ1n) is 7.30. The van der Waals surface area contributed by atoms with E-state index in [1.807, 2.05) is 0 Å². The Morgan fingerprint density at radius 2 is 1.95 bits per heavy atom. The van der Waals surface area contributed by atoms with E-state index in [0.29, 0.717) is 28.1 Å². The predicted molar refractivity (Wildman–Crippen MR) is 92.0 cm³/mol. The Kier molecular flexibility index (Phi) is 5.60. The highest BCUT2D eigenvalue weighted by atomic mass is 127. The van der Waals surface area contributed by atoms with Gasteiger partial charge in [0.15, 0.2) is 5.65 Å². The summed E-state index contributed by atoms with van der Waals surface area (Å²) in [6.45, 7) is 5.02. The summed E-state index contributed by atoms with van der Waals surface area (Å²) in [5.74, 6) is 1.43. The molecule has 2 aromatic heterocycles. The number of aryl methyl sites for hydroxylation is 1. The van der Waals surface area contributed by atoms with E-state index in [2.05, 4.69) is 51.4 Å². The van der Waals surface area contributed by atoms with Crippen LogP contribution >= 0.6 is 22.6 Å². The number of nitrogens with one attached hydrogen (secondary N) is 2. The van der Waals surface area contributed by atoms with Gasteiger partial charge in [0.25, 0.3) is 5.56 Å². The number of aromatic amines is 2. The average Bonchev–Trinajstić information content (AvgIpc) is 2.86. The maximum Gasteiger partial charge on any atom is 0.330 e. The van der Waals surface area contributed by atoms with Crippen LogP contribution in [-0.2, 0) is 11.0 Å². The molecule has 0 aliphatic carbocycles. The molecule has 2 heterocycles. The largest absolute Gasteiger partial charge is 0.335 e. The molecule has 0 aliphatic rings. The first-order valence-corrected chi connectivity index (χ1v) is 8.83. The molecule has 0 aliphatic heterocycles. The minimum atomic E-state index is -0.394. The summed E-state index contributed by atoms with van der Waals surface area (Å²) in [6, 6.07) is 0. The second kappa shape index (κ2) is 7.24. The van der Waals surface area contributed by atoms with Gasteiger partial charge in [-0.15, -0.1) is 0 Å². The number of imidazole rings is 1. The van der Waals surface area contributed by atoms with Crippen LogP contribution in [0, 0.1) is 5.92 Å². The van der Waals surface area contributed by atoms with Gasteiger partial charge in [-0.05, 0) is 12.3 Å². The number of nitrogens with zero attached hydrogens (tertiary/aromatic N) is 2. The molecule has 2 rings (SSSR count). The molecule has 116 valence electrons. The van der Waals surface area contributed by atoms with E-state index >= 15 is 0 Å². The number of unbranched alkanes of at least 4 members (excludes halogenated alkanes) is 2. The third-order valence-corrected chi connectivity index (χ3v) is 4.19. The first kappa shape index (κ1) is 16.3. The normalized spacial score (nSPS) is 11.6. The van der Waals surface area contributed by atoms with E-state index in [1.54, 1.807) is 4.57 Å². The molecule has 0 saturated heterocycles. The van der Waals surface area contributed by atoms with Crippen LogP contribution in [0.4, 0.5) is 0 Å². The van der Waals surface area contributed by atoms with Gasteiger partial charge in [-0.3, -0.25) is 14.3 Å². The Morgan fingerprint density at radius 3 is 2.62 bits per heavy atom. The second-order valence-electron chi connectivity index (χ2n) is 5.67. The summed E-state index contributed by atoms with van der Waals surface area (Å²) in [5, 5.41) is 0. The molecule has 21 heavy (non-hydrogen) atoms. The minimum Gasteiger partial charge on any atom is -0.335 e. The van der Waals surface area contributed by atoms with Gasteiger partial charge in [0.2, 0.25) is 0 Å². The van der Waals surface area contributed by atoms with Gasteiger partial charge in [0, 0.05) is 6.54 Å². The fraction of sp³-hybridized carbons (Fsp3) is 0.643. The molecular formula is C14H21IN4O2. The van der Waals surface area contributed by atoms with E-state index < -0.39 is 5.56 Å². The molecule has 0 bridgehead atoms. The van der Waals surface area contributed by atoms with Crippen molar-refractivity contribution in [2.45, 2.75) is 50.5 Å². The molecule has 0 atom stereocenters. The number of aromatic nitrogens is 4. The van der Waals surface area contributed by atoms with Gasteiger partial charge in [0.05, 0.1) is 4.43 Å². The van der Waals surface area contributed by atoms with Crippen LogP contribution < -0.4 is 11.2 Å². The summed E-state index contributed by atoms with van der Waals surface area (Å²) in [5.41, 5.74) is 0.0975. The van der Waals surface area contributed by atoms with E-state index in [-0.39, 0.29) is 5.69 Å². The highest BCUT2D eigenvalue weighted by molar-refractivity contribution is 14.1. The van der Waals surface area contributed by atoms with Crippen LogP contribution in [0.1, 0.15) is 45.4 Å². The second-order valence-corrected chi connectivity index (χ2v) is 6.43. The van der Waals surface area contributed by atoms with E-state index in [1.165, 1.54) is 12.8 Å². The van der Waals surface area contributed by atoms with Crippen LogP contribution in [0.3, 0.4) is 0 Å². The van der Waals surface area contributed by atoms with Gasteiger partial charge in [0.1, 0.15) is 11.3 Å². The zero-order chi connectivity index (χ0) is 15.4. The Morgan fingerprint density at radius 1 is 1.19 bits per heavy atom. The highest BCUT2D eigenvalue weighted by Gasteiger charge is 2.12. The average molecular weight is 404 g/mol. The molecule has 6 nitrogen and oxygen atoms in total. The summed E-state index contributed by atoms with van der Waals surface area (Å²) in [6.07, 6.45) is 4.37. The summed E-state index contributed by atoms with van der Waals surface area (Å²) in [4.78, 5) is 33.5. The van der Waals surface area contributed by atoms with Crippen molar-refractivity contribution in [3.63, 3.8) is 0 Å². The first-order chi connectivity index (χ1) is 10.0. The van der Waals surface area contributed by atoms with Crippen molar-refractivity contribution in [1.29, 1.82) is 0 Å². The van der Waals surface area contributed by atoms with Crippen LogP contribution in [0.25, 0.3) is 11.2 Å². The van der Waals surface area contributed by atoms with Gasteiger partial charge >= 0.3 is 5.69 Å². The number of alkyl halides is 1. The third-order valence-electron chi connectivity index (χ3n) is 3.47.